The van der Waals surface area contributed by atoms with Crippen LogP contribution < -0.4 is 5.32 Å². The van der Waals surface area contributed by atoms with Gasteiger partial charge in [-0.1, -0.05) is 163 Å². The van der Waals surface area contributed by atoms with Gasteiger partial charge in [0, 0.05) is 22.2 Å². The predicted octanol–water partition coefficient (Wildman–Crippen LogP) is 13.9. The zero-order chi connectivity index (χ0) is 36.3. The predicted molar refractivity (Wildman–Crippen MR) is 223 cm³/mol. The Balaban J connectivity index is 1.25. The molecule has 0 unspecified atom stereocenters. The molecule has 0 radical (unpaired) electrons. The summed E-state index contributed by atoms with van der Waals surface area (Å²) in [5.41, 5.74) is 19.1. The van der Waals surface area contributed by atoms with Gasteiger partial charge in [0.25, 0.3) is 0 Å². The minimum atomic E-state index is -0.453. The van der Waals surface area contributed by atoms with Crippen LogP contribution in [-0.2, 0) is 16.2 Å². The molecule has 0 atom stereocenters. The number of para-hydroxylation sites is 1. The summed E-state index contributed by atoms with van der Waals surface area (Å²) in [5, 5.41) is 6.22. The maximum absolute atomic E-state index is 6.66. The molecule has 1 N–H and O–H groups in total. The van der Waals surface area contributed by atoms with Crippen molar-refractivity contribution in [2.45, 2.75) is 57.8 Å². The molecule has 0 aliphatic heterocycles. The minimum absolute atomic E-state index is 0.0105. The van der Waals surface area contributed by atoms with Gasteiger partial charge in [-0.25, -0.2) is 0 Å². The lowest BCUT2D eigenvalue weighted by atomic mass is 9.69. The van der Waals surface area contributed by atoms with Crippen molar-refractivity contribution in [3.8, 4) is 33.4 Å². The van der Waals surface area contributed by atoms with E-state index >= 15 is 0 Å². The second kappa shape index (κ2) is 11.1. The largest absolute Gasteiger partial charge is 0.455 e. The third kappa shape index (κ3) is 4.51. The summed E-state index contributed by atoms with van der Waals surface area (Å²) in [6, 6.07) is 53.9. The van der Waals surface area contributed by atoms with Crippen molar-refractivity contribution in [3.63, 3.8) is 0 Å². The third-order valence-corrected chi connectivity index (χ3v) is 11.8. The van der Waals surface area contributed by atoms with Gasteiger partial charge in [0.2, 0.25) is 0 Å². The highest BCUT2D eigenvalue weighted by Crippen LogP contribution is 2.64. The van der Waals surface area contributed by atoms with Crippen LogP contribution in [0, 0.1) is 0 Å². The number of anilines is 2. The zero-order valence-corrected chi connectivity index (χ0v) is 31.3. The van der Waals surface area contributed by atoms with E-state index in [2.05, 4.69) is 186 Å². The average Bonchev–Trinajstić information content (AvgIpc) is 3.79. The van der Waals surface area contributed by atoms with E-state index in [4.69, 9.17) is 4.42 Å². The molecule has 2 heteroatoms. The number of fused-ring (bicyclic) bond motifs is 13. The number of benzene rings is 7. The van der Waals surface area contributed by atoms with Gasteiger partial charge in [0.05, 0.1) is 16.5 Å². The zero-order valence-electron chi connectivity index (χ0n) is 31.3. The topological polar surface area (TPSA) is 25.2 Å². The average molecular weight is 686 g/mol. The molecule has 2 aliphatic carbocycles. The van der Waals surface area contributed by atoms with Gasteiger partial charge in [0.15, 0.2) is 0 Å². The van der Waals surface area contributed by atoms with Gasteiger partial charge in [0.1, 0.15) is 11.2 Å². The Bertz CT molecular complexity index is 2700. The van der Waals surface area contributed by atoms with E-state index in [9.17, 15) is 0 Å². The van der Waals surface area contributed by atoms with Crippen LogP contribution in [0.5, 0.6) is 0 Å². The van der Waals surface area contributed by atoms with Crippen LogP contribution in [0.2, 0.25) is 0 Å². The van der Waals surface area contributed by atoms with E-state index < -0.39 is 5.41 Å². The fraction of sp³-hybridized carbons (Fsp3) is 0.176. The van der Waals surface area contributed by atoms with E-state index in [0.29, 0.717) is 0 Å². The standard InChI is InChI=1S/C51H43NO/c1-49(2,3)32-23-25-35-36-26-24-33(50(4,5)6)30-42(36)51(41(35)29-32)39-19-12-10-17-37(39)46-40(51)20-14-21-43(46)52-44-28-27-34(31-15-8-7-9-16-31)48-47(44)38-18-11-13-22-45(38)53-48/h7-30,52H,1-6H3. The first-order valence-electron chi connectivity index (χ1n) is 18.9. The summed E-state index contributed by atoms with van der Waals surface area (Å²) in [6.07, 6.45) is 0. The van der Waals surface area contributed by atoms with Crippen molar-refractivity contribution in [1.82, 2.24) is 0 Å². The van der Waals surface area contributed by atoms with E-state index in [1.807, 2.05) is 6.07 Å². The van der Waals surface area contributed by atoms with Crippen LogP contribution in [-0.4, -0.2) is 0 Å². The highest BCUT2D eigenvalue weighted by molar-refractivity contribution is 6.16. The van der Waals surface area contributed by atoms with Crippen LogP contribution in [0.15, 0.2) is 150 Å². The molecule has 1 aromatic heterocycles. The lowest BCUT2D eigenvalue weighted by Gasteiger charge is -2.33. The first kappa shape index (κ1) is 31.8. The summed E-state index contributed by atoms with van der Waals surface area (Å²) < 4.78 is 6.66. The normalized spacial score (nSPS) is 14.0. The van der Waals surface area contributed by atoms with Crippen molar-refractivity contribution >= 4 is 33.3 Å². The maximum Gasteiger partial charge on any atom is 0.145 e. The molecule has 0 fully saturated rings. The van der Waals surface area contributed by atoms with Crippen LogP contribution in [0.3, 0.4) is 0 Å². The Hall–Kier alpha value is -5.86. The molecular formula is C51H43NO. The van der Waals surface area contributed by atoms with Gasteiger partial charge in [-0.3, -0.25) is 0 Å². The number of hydrogen-bond donors (Lipinski definition) is 1. The fourth-order valence-corrected chi connectivity index (χ4v) is 9.19. The molecule has 0 amide bonds. The Labute approximate surface area is 312 Å². The SMILES string of the molecule is CC(C)(C)c1ccc2c(c1)C1(c3cc(C(C)(C)C)ccc3-2)c2ccccc2-c2c(Nc3ccc(-c4ccccc4)c4oc5ccccc5c34)cccc21. The van der Waals surface area contributed by atoms with Gasteiger partial charge >= 0.3 is 0 Å². The monoisotopic (exact) mass is 685 g/mol. The van der Waals surface area contributed by atoms with Crippen LogP contribution in [0.25, 0.3) is 55.3 Å². The lowest BCUT2D eigenvalue weighted by Crippen LogP contribution is -2.27. The van der Waals surface area contributed by atoms with Crippen molar-refractivity contribution in [2.75, 3.05) is 5.32 Å². The minimum Gasteiger partial charge on any atom is -0.455 e. The van der Waals surface area contributed by atoms with Crippen molar-refractivity contribution in [2.24, 2.45) is 0 Å². The molecule has 258 valence electrons. The van der Waals surface area contributed by atoms with Crippen LogP contribution >= 0.6 is 0 Å². The van der Waals surface area contributed by atoms with Crippen molar-refractivity contribution < 1.29 is 4.42 Å². The highest BCUT2D eigenvalue weighted by atomic mass is 16.3. The Kier molecular flexibility index (Phi) is 6.65. The van der Waals surface area contributed by atoms with E-state index in [0.717, 1.165) is 44.4 Å². The summed E-state index contributed by atoms with van der Waals surface area (Å²) in [5.74, 6) is 0. The number of nitrogens with one attached hydrogen (secondary N) is 1. The summed E-state index contributed by atoms with van der Waals surface area (Å²) in [7, 11) is 0. The van der Waals surface area contributed by atoms with Crippen LogP contribution in [0.1, 0.15) is 74.9 Å². The summed E-state index contributed by atoms with van der Waals surface area (Å²) in [4.78, 5) is 0. The molecule has 0 bridgehead atoms. The summed E-state index contributed by atoms with van der Waals surface area (Å²) in [6.45, 7) is 13.9. The molecule has 53 heavy (non-hydrogen) atoms. The molecule has 10 rings (SSSR count). The maximum atomic E-state index is 6.66. The van der Waals surface area contributed by atoms with Gasteiger partial charge in [-0.2, -0.15) is 0 Å². The Morgan fingerprint density at radius 2 is 1.08 bits per heavy atom. The van der Waals surface area contributed by atoms with E-state index in [1.54, 1.807) is 0 Å². The Morgan fingerprint density at radius 3 is 1.77 bits per heavy atom. The van der Waals surface area contributed by atoms with Crippen molar-refractivity contribution in [3.05, 3.63) is 179 Å². The fourth-order valence-electron chi connectivity index (χ4n) is 9.19. The molecule has 2 nitrogen and oxygen atoms in total. The second-order valence-corrected chi connectivity index (χ2v) is 17.0. The molecule has 7 aromatic carbocycles. The first-order chi connectivity index (χ1) is 25.5. The van der Waals surface area contributed by atoms with Crippen LogP contribution in [0.4, 0.5) is 11.4 Å². The number of hydrogen-bond acceptors (Lipinski definition) is 2. The smallest absolute Gasteiger partial charge is 0.145 e. The van der Waals surface area contributed by atoms with Crippen molar-refractivity contribution in [1.29, 1.82) is 0 Å². The molecule has 0 saturated heterocycles. The van der Waals surface area contributed by atoms with Gasteiger partial charge in [-0.05, 0) is 90.7 Å². The summed E-state index contributed by atoms with van der Waals surface area (Å²) >= 11 is 0. The quantitative estimate of drug-likeness (QED) is 0.200. The molecule has 1 heterocycles. The Morgan fingerprint density at radius 1 is 0.472 bits per heavy atom. The second-order valence-electron chi connectivity index (χ2n) is 17.0. The molecular weight excluding hydrogens is 643 g/mol. The highest BCUT2D eigenvalue weighted by Gasteiger charge is 2.52. The number of rotatable bonds is 3. The number of furan rings is 1. The van der Waals surface area contributed by atoms with Gasteiger partial charge < -0.3 is 9.73 Å². The lowest BCUT2D eigenvalue weighted by molar-refractivity contribution is 0.586. The molecule has 8 aromatic rings. The molecule has 2 aliphatic rings. The van der Waals surface area contributed by atoms with Gasteiger partial charge in [-0.15, -0.1) is 0 Å². The third-order valence-electron chi connectivity index (χ3n) is 11.8. The van der Waals surface area contributed by atoms with E-state index in [-0.39, 0.29) is 10.8 Å². The molecule has 0 saturated carbocycles. The first-order valence-corrected chi connectivity index (χ1v) is 18.9. The molecule has 1 spiro atoms. The van der Waals surface area contributed by atoms with E-state index in [1.165, 1.54) is 55.6 Å².